The molecule has 2 unspecified atom stereocenters. The smallest absolute Gasteiger partial charge is 0.238 e. The Morgan fingerprint density at radius 2 is 2.14 bits per heavy atom. The van der Waals surface area contributed by atoms with Crippen LogP contribution in [0.1, 0.15) is 25.3 Å². The molecule has 1 aromatic carbocycles. The minimum absolute atomic E-state index is 0.101. The van der Waals surface area contributed by atoms with Crippen LogP contribution in [0.15, 0.2) is 24.3 Å². The van der Waals surface area contributed by atoms with Crippen LogP contribution in [0.5, 0.6) is 0 Å². The fourth-order valence-electron chi connectivity index (χ4n) is 3.49. The van der Waals surface area contributed by atoms with Crippen LogP contribution in [0, 0.1) is 5.92 Å². The van der Waals surface area contributed by atoms with Crippen LogP contribution in [0.4, 0.5) is 5.69 Å². The molecule has 0 bridgehead atoms. The first-order chi connectivity index (χ1) is 10.2. The van der Waals surface area contributed by atoms with E-state index >= 15 is 0 Å². The van der Waals surface area contributed by atoms with Crippen LogP contribution >= 0.6 is 0 Å². The van der Waals surface area contributed by atoms with Crippen molar-refractivity contribution in [1.82, 2.24) is 10.2 Å². The van der Waals surface area contributed by atoms with Gasteiger partial charge in [0, 0.05) is 24.8 Å². The number of nitrogens with zero attached hydrogens (tertiary/aromatic N) is 1. The average Bonchev–Trinajstić information content (AvgIpc) is 2.95. The maximum atomic E-state index is 12.2. The van der Waals surface area contributed by atoms with E-state index in [1.807, 2.05) is 12.1 Å². The molecule has 21 heavy (non-hydrogen) atoms. The number of fused-ring (bicyclic) bond motifs is 1. The van der Waals surface area contributed by atoms with Crippen molar-refractivity contribution in [1.29, 1.82) is 0 Å². The van der Waals surface area contributed by atoms with Crippen LogP contribution in [0.2, 0.25) is 0 Å². The number of hydrogen-bond donors (Lipinski definition) is 2. The Balaban J connectivity index is 1.49. The molecule has 2 heterocycles. The molecular weight excluding hydrogens is 262 g/mol. The molecule has 2 aliphatic rings. The lowest BCUT2D eigenvalue weighted by molar-refractivity contribution is -0.117. The van der Waals surface area contributed by atoms with Crippen molar-refractivity contribution in [3.8, 4) is 0 Å². The molecule has 2 N–H and O–H groups in total. The molecular formula is C17H25N3O. The zero-order valence-electron chi connectivity index (χ0n) is 12.8. The van der Waals surface area contributed by atoms with Gasteiger partial charge in [0.15, 0.2) is 0 Å². The lowest BCUT2D eigenvalue weighted by Gasteiger charge is -2.34. The second-order valence-corrected chi connectivity index (χ2v) is 6.23. The van der Waals surface area contributed by atoms with Crippen molar-refractivity contribution in [2.75, 3.05) is 31.5 Å². The number of amides is 1. The van der Waals surface area contributed by atoms with Crippen molar-refractivity contribution in [3.63, 3.8) is 0 Å². The molecule has 0 saturated carbocycles. The third-order valence-corrected chi connectivity index (χ3v) is 4.75. The molecule has 0 aromatic heterocycles. The van der Waals surface area contributed by atoms with Crippen molar-refractivity contribution < 1.29 is 4.79 Å². The van der Waals surface area contributed by atoms with E-state index < -0.39 is 0 Å². The van der Waals surface area contributed by atoms with Crippen molar-refractivity contribution >= 4 is 11.6 Å². The third-order valence-electron chi connectivity index (χ3n) is 4.75. The van der Waals surface area contributed by atoms with Crippen LogP contribution in [0.3, 0.4) is 0 Å². The highest BCUT2D eigenvalue weighted by Gasteiger charge is 2.32. The number of rotatable bonds is 4. The van der Waals surface area contributed by atoms with Crippen LogP contribution in [-0.4, -0.2) is 43.0 Å². The molecule has 114 valence electrons. The quantitative estimate of drug-likeness (QED) is 0.888. The van der Waals surface area contributed by atoms with Gasteiger partial charge in [-0.2, -0.15) is 0 Å². The lowest BCUT2D eigenvalue weighted by Crippen LogP contribution is -2.46. The van der Waals surface area contributed by atoms with E-state index in [1.54, 1.807) is 0 Å². The lowest BCUT2D eigenvalue weighted by atomic mass is 9.93. The summed E-state index contributed by atoms with van der Waals surface area (Å²) in [6.07, 6.45) is 3.45. The fraction of sp³-hybridized carbons (Fsp3) is 0.588. The van der Waals surface area contributed by atoms with E-state index in [1.165, 1.54) is 18.4 Å². The Hall–Kier alpha value is -1.39. The molecule has 4 heteroatoms. The molecule has 0 radical (unpaired) electrons. The van der Waals surface area contributed by atoms with Crippen LogP contribution < -0.4 is 10.6 Å². The first-order valence-corrected chi connectivity index (χ1v) is 8.09. The average molecular weight is 287 g/mol. The highest BCUT2D eigenvalue weighted by atomic mass is 16.2. The van der Waals surface area contributed by atoms with Crippen LogP contribution in [-0.2, 0) is 11.2 Å². The van der Waals surface area contributed by atoms with Crippen molar-refractivity contribution in [2.24, 2.45) is 5.92 Å². The number of carbonyl (C=O) groups is 1. The number of hydrogen-bond acceptors (Lipinski definition) is 3. The molecule has 0 aliphatic carbocycles. The normalized spacial score (nSPS) is 25.6. The molecule has 4 nitrogen and oxygen atoms in total. The molecule has 1 amide bonds. The summed E-state index contributed by atoms with van der Waals surface area (Å²) < 4.78 is 0. The summed E-state index contributed by atoms with van der Waals surface area (Å²) in [4.78, 5) is 14.5. The van der Waals surface area contributed by atoms with E-state index in [-0.39, 0.29) is 5.91 Å². The number of likely N-dealkylation sites (tertiary alicyclic amines) is 1. The molecule has 1 aromatic rings. The maximum Gasteiger partial charge on any atom is 0.238 e. The van der Waals surface area contributed by atoms with Gasteiger partial charge in [-0.25, -0.2) is 0 Å². The van der Waals surface area contributed by atoms with Crippen molar-refractivity contribution in [2.45, 2.75) is 32.2 Å². The summed E-state index contributed by atoms with van der Waals surface area (Å²) in [5.74, 6) is 0.832. The predicted molar refractivity (Wildman–Crippen MR) is 85.4 cm³/mol. The van der Waals surface area contributed by atoms with Gasteiger partial charge in [0.2, 0.25) is 5.91 Å². The second kappa shape index (κ2) is 6.58. The van der Waals surface area contributed by atoms with Gasteiger partial charge in [0.1, 0.15) is 0 Å². The SMILES string of the molecule is CCc1ccc(NC(=O)CN2CCC3NCCC3C2)cc1. The van der Waals surface area contributed by atoms with Gasteiger partial charge in [-0.3, -0.25) is 9.69 Å². The van der Waals surface area contributed by atoms with Gasteiger partial charge in [-0.1, -0.05) is 19.1 Å². The molecule has 2 atom stereocenters. The maximum absolute atomic E-state index is 12.2. The van der Waals surface area contributed by atoms with Gasteiger partial charge in [-0.05, 0) is 49.4 Å². The number of carbonyl (C=O) groups excluding carboxylic acids is 1. The van der Waals surface area contributed by atoms with E-state index in [9.17, 15) is 4.79 Å². The van der Waals surface area contributed by atoms with E-state index in [2.05, 4.69) is 34.6 Å². The van der Waals surface area contributed by atoms with E-state index in [0.29, 0.717) is 12.6 Å². The van der Waals surface area contributed by atoms with E-state index in [4.69, 9.17) is 0 Å². The molecule has 2 fully saturated rings. The summed E-state index contributed by atoms with van der Waals surface area (Å²) in [7, 11) is 0. The summed E-state index contributed by atoms with van der Waals surface area (Å²) in [5, 5.41) is 6.56. The molecule has 0 spiro atoms. The summed E-state index contributed by atoms with van der Waals surface area (Å²) >= 11 is 0. The highest BCUT2D eigenvalue weighted by Crippen LogP contribution is 2.24. The predicted octanol–water partition coefficient (Wildman–Crippen LogP) is 1.87. The minimum Gasteiger partial charge on any atom is -0.325 e. The first-order valence-electron chi connectivity index (χ1n) is 8.09. The van der Waals surface area contributed by atoms with Gasteiger partial charge >= 0.3 is 0 Å². The summed E-state index contributed by atoms with van der Waals surface area (Å²) in [6, 6.07) is 8.82. The Morgan fingerprint density at radius 3 is 2.90 bits per heavy atom. The van der Waals surface area contributed by atoms with Crippen molar-refractivity contribution in [3.05, 3.63) is 29.8 Å². The van der Waals surface area contributed by atoms with Gasteiger partial charge in [0.25, 0.3) is 0 Å². The Morgan fingerprint density at radius 1 is 1.33 bits per heavy atom. The number of benzene rings is 1. The minimum atomic E-state index is 0.101. The molecule has 3 rings (SSSR count). The van der Waals surface area contributed by atoms with Gasteiger partial charge in [0.05, 0.1) is 6.54 Å². The topological polar surface area (TPSA) is 44.4 Å². The van der Waals surface area contributed by atoms with Gasteiger partial charge < -0.3 is 10.6 Å². The summed E-state index contributed by atoms with van der Waals surface area (Å²) in [6.45, 7) is 5.86. The standard InChI is InChI=1S/C17H25N3O/c1-2-13-3-5-15(6-4-13)19-17(21)12-20-10-8-16-14(11-20)7-9-18-16/h3-6,14,16,18H,2,7-12H2,1H3,(H,19,21). The molecule has 2 aliphatic heterocycles. The third kappa shape index (κ3) is 3.63. The number of anilines is 1. The fourth-order valence-corrected chi connectivity index (χ4v) is 3.49. The first kappa shape index (κ1) is 14.5. The zero-order chi connectivity index (χ0) is 14.7. The monoisotopic (exact) mass is 287 g/mol. The summed E-state index contributed by atoms with van der Waals surface area (Å²) in [5.41, 5.74) is 2.19. The van der Waals surface area contributed by atoms with E-state index in [0.717, 1.165) is 37.7 Å². The highest BCUT2D eigenvalue weighted by molar-refractivity contribution is 5.92. The number of nitrogens with one attached hydrogen (secondary N) is 2. The second-order valence-electron chi connectivity index (χ2n) is 6.23. The van der Waals surface area contributed by atoms with Crippen LogP contribution in [0.25, 0.3) is 0 Å². The number of piperidine rings is 1. The molecule has 2 saturated heterocycles. The van der Waals surface area contributed by atoms with Gasteiger partial charge in [-0.15, -0.1) is 0 Å². The number of aryl methyl sites for hydroxylation is 1. The largest absolute Gasteiger partial charge is 0.325 e. The Labute approximate surface area is 126 Å². The Bertz CT molecular complexity index is 485. The zero-order valence-corrected chi connectivity index (χ0v) is 12.8. The Kier molecular flexibility index (Phi) is 4.56.